The van der Waals surface area contributed by atoms with E-state index in [1.54, 1.807) is 0 Å². The summed E-state index contributed by atoms with van der Waals surface area (Å²) in [5.74, 6) is 0. The molecule has 66 valence electrons. The van der Waals surface area contributed by atoms with E-state index in [1.807, 2.05) is 0 Å². The van der Waals surface area contributed by atoms with Gasteiger partial charge in [-0.1, -0.05) is 6.04 Å². The Bertz CT molecular complexity index is 424. The quantitative estimate of drug-likeness (QED) is 0.646. The minimum atomic E-state index is -4.81. The van der Waals surface area contributed by atoms with Crippen LogP contribution >= 0.6 is 0 Å². The van der Waals surface area contributed by atoms with Crippen LogP contribution in [-0.2, 0) is 6.18 Å². The molecule has 0 aliphatic heterocycles. The topological polar surface area (TPSA) is 32.9 Å². The molecule has 0 bridgehead atoms. The van der Waals surface area contributed by atoms with Crippen molar-refractivity contribution in [3.63, 3.8) is 0 Å². The first-order valence-corrected chi connectivity index (χ1v) is 3.02. The van der Waals surface area contributed by atoms with Crippen LogP contribution in [0.25, 0.3) is 0 Å². The highest BCUT2D eigenvalue weighted by Gasteiger charge is 2.31. The van der Waals surface area contributed by atoms with E-state index in [9.17, 15) is 18.0 Å². The number of alkyl halides is 3. The van der Waals surface area contributed by atoms with E-state index in [-0.39, 0.29) is 5.56 Å². The van der Waals surface area contributed by atoms with Gasteiger partial charge in [-0.3, -0.25) is 4.79 Å². The predicted molar refractivity (Wildman–Crippen MR) is 36.8 cm³/mol. The van der Waals surface area contributed by atoms with Crippen LogP contribution in [0.5, 0.6) is 0 Å². The van der Waals surface area contributed by atoms with Gasteiger partial charge in [0, 0.05) is 5.56 Å². The van der Waals surface area contributed by atoms with Crippen molar-refractivity contribution in [2.75, 3.05) is 0 Å². The summed E-state index contributed by atoms with van der Waals surface area (Å²) >= 11 is 0. The number of pyridine rings is 1. The maximum atomic E-state index is 12.2. The predicted octanol–water partition coefficient (Wildman–Crippen LogP) is 1.70. The van der Waals surface area contributed by atoms with Gasteiger partial charge in [0.2, 0.25) is 0 Å². The van der Waals surface area contributed by atoms with Crippen molar-refractivity contribution >= 4 is 0 Å². The first-order chi connectivity index (χ1) is 6.25. The molecule has 0 atom stereocenters. The molecule has 2 nitrogen and oxygen atoms in total. The van der Waals surface area contributed by atoms with Crippen molar-refractivity contribution in [1.82, 2.24) is 4.98 Å². The van der Waals surface area contributed by atoms with Gasteiger partial charge in [-0.2, -0.15) is 13.2 Å². The average molecular weight is 179 g/mol. The standard InChI is InChI=1S/C7H6F3NO/c1-4-2-3-5(7(8,9)10)11-6(4)12/h2-3H,1H3,(H,11,12)/i2D,3D. The zero-order valence-corrected chi connectivity index (χ0v) is 6.04. The lowest BCUT2D eigenvalue weighted by Gasteiger charge is -2.05. The number of halogens is 3. The highest BCUT2D eigenvalue weighted by Crippen LogP contribution is 2.26. The Morgan fingerprint density at radius 2 is 2.08 bits per heavy atom. The zero-order chi connectivity index (χ0) is 11.1. The van der Waals surface area contributed by atoms with Gasteiger partial charge in [0.25, 0.3) is 5.56 Å². The maximum absolute atomic E-state index is 12.2. The normalized spacial score (nSPS) is 14.0. The molecule has 0 unspecified atom stereocenters. The Hall–Kier alpha value is -1.26. The van der Waals surface area contributed by atoms with Gasteiger partial charge in [0.15, 0.2) is 0 Å². The van der Waals surface area contributed by atoms with Gasteiger partial charge in [0.1, 0.15) is 5.69 Å². The molecule has 0 aliphatic rings. The molecule has 1 N–H and O–H groups in total. The summed E-state index contributed by atoms with van der Waals surface area (Å²) in [7, 11) is 0. The van der Waals surface area contributed by atoms with Crippen molar-refractivity contribution in [1.29, 1.82) is 0 Å². The molecule has 1 rings (SSSR count). The molecular formula is C7H6F3NO. The number of rotatable bonds is 0. The summed E-state index contributed by atoms with van der Waals surface area (Å²) in [6.07, 6.45) is -4.81. The van der Waals surface area contributed by atoms with E-state index >= 15 is 0 Å². The largest absolute Gasteiger partial charge is 0.431 e. The Labute approximate surface area is 68.8 Å². The molecule has 0 fully saturated rings. The maximum Gasteiger partial charge on any atom is 0.431 e. The van der Waals surface area contributed by atoms with Gasteiger partial charge in [0.05, 0.1) is 2.74 Å². The van der Waals surface area contributed by atoms with Gasteiger partial charge >= 0.3 is 6.18 Å². The van der Waals surface area contributed by atoms with Crippen LogP contribution in [0.4, 0.5) is 13.2 Å². The SMILES string of the molecule is [2H]c1c(C(F)(F)F)[nH]c(=O)c(C)c1[2H]. The highest BCUT2D eigenvalue weighted by molar-refractivity contribution is 5.14. The molecule has 5 heteroatoms. The lowest BCUT2D eigenvalue weighted by Crippen LogP contribution is -2.17. The molecule has 0 amide bonds. The first kappa shape index (κ1) is 6.28. The van der Waals surface area contributed by atoms with Crippen molar-refractivity contribution in [2.45, 2.75) is 13.1 Å². The van der Waals surface area contributed by atoms with E-state index in [0.29, 0.717) is 0 Å². The lowest BCUT2D eigenvalue weighted by molar-refractivity contribution is -0.141. The van der Waals surface area contributed by atoms with E-state index < -0.39 is 29.5 Å². The minimum Gasteiger partial charge on any atom is -0.318 e. The van der Waals surface area contributed by atoms with Crippen LogP contribution in [0.15, 0.2) is 16.9 Å². The van der Waals surface area contributed by atoms with E-state index in [1.165, 1.54) is 11.9 Å². The van der Waals surface area contributed by atoms with Crippen LogP contribution in [0.3, 0.4) is 0 Å². The summed E-state index contributed by atoms with van der Waals surface area (Å²) in [5, 5.41) is 0. The van der Waals surface area contributed by atoms with E-state index in [4.69, 9.17) is 2.74 Å². The third-order valence-electron chi connectivity index (χ3n) is 1.24. The molecule has 0 saturated heterocycles. The Morgan fingerprint density at radius 1 is 1.50 bits per heavy atom. The number of H-pyrrole nitrogens is 1. The van der Waals surface area contributed by atoms with Crippen LogP contribution in [-0.4, -0.2) is 4.98 Å². The van der Waals surface area contributed by atoms with Crippen LogP contribution < -0.4 is 5.56 Å². The summed E-state index contributed by atoms with van der Waals surface area (Å²) in [4.78, 5) is 12.4. The molecule has 0 aromatic carbocycles. The first-order valence-electron chi connectivity index (χ1n) is 4.02. The Kier molecular flexibility index (Phi) is 1.39. The monoisotopic (exact) mass is 179 g/mol. The molecule has 0 saturated carbocycles. The molecule has 0 aliphatic carbocycles. The molecule has 1 heterocycles. The average Bonchev–Trinajstić information content (AvgIpc) is 2.06. The van der Waals surface area contributed by atoms with Crippen LogP contribution in [0, 0.1) is 6.92 Å². The number of aromatic amines is 1. The zero-order valence-electron chi connectivity index (χ0n) is 8.04. The lowest BCUT2D eigenvalue weighted by atomic mass is 10.2. The summed E-state index contributed by atoms with van der Waals surface area (Å²) in [5.41, 5.74) is -2.65. The van der Waals surface area contributed by atoms with Gasteiger partial charge in [-0.05, 0) is 13.0 Å². The second-order valence-electron chi connectivity index (χ2n) is 2.20. The van der Waals surface area contributed by atoms with Gasteiger partial charge in [-0.15, -0.1) is 0 Å². The van der Waals surface area contributed by atoms with Gasteiger partial charge in [-0.25, -0.2) is 0 Å². The van der Waals surface area contributed by atoms with E-state index in [0.717, 1.165) is 0 Å². The molecule has 0 spiro atoms. The molecule has 1 aromatic rings. The molecule has 12 heavy (non-hydrogen) atoms. The van der Waals surface area contributed by atoms with Crippen LogP contribution in [0.2, 0.25) is 0 Å². The summed E-state index contributed by atoms with van der Waals surface area (Å²) < 4.78 is 50.6. The van der Waals surface area contributed by atoms with E-state index in [2.05, 4.69) is 0 Å². The Morgan fingerprint density at radius 3 is 2.58 bits per heavy atom. The van der Waals surface area contributed by atoms with Crippen molar-refractivity contribution in [3.8, 4) is 0 Å². The smallest absolute Gasteiger partial charge is 0.318 e. The van der Waals surface area contributed by atoms with Gasteiger partial charge < -0.3 is 4.98 Å². The minimum absolute atomic E-state index is 0.192. The molecule has 0 radical (unpaired) electrons. The second kappa shape index (κ2) is 2.66. The third-order valence-corrected chi connectivity index (χ3v) is 1.24. The fourth-order valence-corrected chi connectivity index (χ4v) is 0.593. The highest BCUT2D eigenvalue weighted by atomic mass is 19.4. The number of nitrogens with one attached hydrogen (secondary N) is 1. The molecule has 1 aromatic heterocycles. The number of aromatic nitrogens is 1. The summed E-state index contributed by atoms with van der Waals surface area (Å²) in [6, 6.07) is -1.70. The second-order valence-corrected chi connectivity index (χ2v) is 2.20. The number of hydrogen-bond donors (Lipinski definition) is 1. The Balaban J connectivity index is 3.57. The van der Waals surface area contributed by atoms with Crippen molar-refractivity contribution in [2.24, 2.45) is 0 Å². The van der Waals surface area contributed by atoms with Crippen molar-refractivity contribution < 1.29 is 15.9 Å². The third kappa shape index (κ3) is 1.66. The fraction of sp³-hybridized carbons (Fsp3) is 0.286. The fourth-order valence-electron chi connectivity index (χ4n) is 0.593. The number of hydrogen-bond acceptors (Lipinski definition) is 1. The van der Waals surface area contributed by atoms with Crippen molar-refractivity contribution in [3.05, 3.63) is 33.7 Å². The summed E-state index contributed by atoms with van der Waals surface area (Å²) in [6.45, 7) is 1.19. The van der Waals surface area contributed by atoms with Crippen LogP contribution in [0.1, 0.15) is 14.0 Å². The molecular weight excluding hydrogens is 171 g/mol.